The van der Waals surface area contributed by atoms with Crippen LogP contribution in [0, 0.1) is 0 Å². The number of carboxylic acid groups (broad SMARTS) is 1. The summed E-state index contributed by atoms with van der Waals surface area (Å²) in [6.45, 7) is 1.96. The van der Waals surface area contributed by atoms with Gasteiger partial charge in [-0.05, 0) is 36.8 Å². The fourth-order valence-electron chi connectivity index (χ4n) is 1.67. The molecule has 1 atom stereocenters. The van der Waals surface area contributed by atoms with Gasteiger partial charge in [0.05, 0.1) is 5.56 Å². The summed E-state index contributed by atoms with van der Waals surface area (Å²) in [5.41, 5.74) is 1.34. The molecule has 18 heavy (non-hydrogen) atoms. The monoisotopic (exact) mass is 242 g/mol. The third-order valence-corrected chi connectivity index (χ3v) is 2.68. The summed E-state index contributed by atoms with van der Waals surface area (Å²) < 4.78 is 5.74. The second-order valence-corrected chi connectivity index (χ2v) is 4.00. The van der Waals surface area contributed by atoms with Crippen LogP contribution in [-0.4, -0.2) is 11.1 Å². The van der Waals surface area contributed by atoms with Gasteiger partial charge in [0.25, 0.3) is 0 Å². The molecule has 1 N–H and O–H groups in total. The maximum Gasteiger partial charge on any atom is 0.335 e. The van der Waals surface area contributed by atoms with E-state index in [1.54, 1.807) is 12.1 Å². The Bertz CT molecular complexity index is 517. The van der Waals surface area contributed by atoms with Crippen LogP contribution in [-0.2, 0) is 0 Å². The van der Waals surface area contributed by atoms with Crippen LogP contribution in [0.25, 0.3) is 0 Å². The maximum absolute atomic E-state index is 10.7. The van der Waals surface area contributed by atoms with Gasteiger partial charge in [-0.1, -0.05) is 30.3 Å². The standard InChI is InChI=1S/C15H14O3/c1-11(12-5-3-2-4-6-12)18-14-9-7-13(8-10-14)15(16)17/h2-11H,1H3,(H,16,17)/t11-/m0/s1. The van der Waals surface area contributed by atoms with Crippen LogP contribution in [0.1, 0.15) is 28.9 Å². The molecule has 0 saturated heterocycles. The number of carbonyl (C=O) groups is 1. The van der Waals surface area contributed by atoms with Crippen LogP contribution in [0.3, 0.4) is 0 Å². The van der Waals surface area contributed by atoms with E-state index in [2.05, 4.69) is 0 Å². The molecule has 92 valence electrons. The molecule has 0 fully saturated rings. The highest BCUT2D eigenvalue weighted by Gasteiger charge is 2.07. The van der Waals surface area contributed by atoms with Crippen molar-refractivity contribution in [3.8, 4) is 5.75 Å². The summed E-state index contributed by atoms with van der Waals surface area (Å²) in [7, 11) is 0. The summed E-state index contributed by atoms with van der Waals surface area (Å²) in [4.78, 5) is 10.7. The molecule has 2 aromatic rings. The molecule has 2 aromatic carbocycles. The number of hydrogen-bond acceptors (Lipinski definition) is 2. The molecule has 0 aromatic heterocycles. The van der Waals surface area contributed by atoms with Crippen molar-refractivity contribution >= 4 is 5.97 Å². The van der Waals surface area contributed by atoms with Crippen LogP contribution < -0.4 is 4.74 Å². The average molecular weight is 242 g/mol. The van der Waals surface area contributed by atoms with Crippen LogP contribution in [0.2, 0.25) is 0 Å². The fourth-order valence-corrected chi connectivity index (χ4v) is 1.67. The molecule has 0 unspecified atom stereocenters. The summed E-state index contributed by atoms with van der Waals surface area (Å²) in [6.07, 6.45) is -0.0677. The van der Waals surface area contributed by atoms with E-state index in [1.165, 1.54) is 12.1 Å². The van der Waals surface area contributed by atoms with E-state index in [4.69, 9.17) is 9.84 Å². The molecule has 0 aliphatic carbocycles. The van der Waals surface area contributed by atoms with Crippen LogP contribution in [0.15, 0.2) is 54.6 Å². The molecule has 0 spiro atoms. The third-order valence-electron chi connectivity index (χ3n) is 2.68. The van der Waals surface area contributed by atoms with Crippen LogP contribution in [0.5, 0.6) is 5.75 Å². The average Bonchev–Trinajstić information content (AvgIpc) is 2.40. The Labute approximate surface area is 106 Å². The molecular formula is C15H14O3. The van der Waals surface area contributed by atoms with Gasteiger partial charge in [-0.2, -0.15) is 0 Å². The zero-order valence-electron chi connectivity index (χ0n) is 10.0. The second kappa shape index (κ2) is 5.36. The minimum absolute atomic E-state index is 0.0677. The van der Waals surface area contributed by atoms with Gasteiger partial charge in [0, 0.05) is 0 Å². The number of benzene rings is 2. The molecule has 3 nitrogen and oxygen atoms in total. The first-order valence-corrected chi connectivity index (χ1v) is 5.72. The van der Waals surface area contributed by atoms with E-state index >= 15 is 0 Å². The molecule has 3 heteroatoms. The van der Waals surface area contributed by atoms with Gasteiger partial charge in [0.15, 0.2) is 0 Å². The summed E-state index contributed by atoms with van der Waals surface area (Å²) in [5.74, 6) is -0.269. The lowest BCUT2D eigenvalue weighted by Crippen LogP contribution is -2.03. The van der Waals surface area contributed by atoms with Gasteiger partial charge < -0.3 is 9.84 Å². The Balaban J connectivity index is 2.08. The summed E-state index contributed by atoms with van der Waals surface area (Å²) in [5, 5.41) is 8.79. The van der Waals surface area contributed by atoms with Crippen molar-refractivity contribution in [2.24, 2.45) is 0 Å². The Kier molecular flexibility index (Phi) is 3.63. The van der Waals surface area contributed by atoms with Crippen molar-refractivity contribution in [2.75, 3.05) is 0 Å². The maximum atomic E-state index is 10.7. The Morgan fingerprint density at radius 1 is 1.06 bits per heavy atom. The summed E-state index contributed by atoms with van der Waals surface area (Å²) in [6, 6.07) is 16.3. The first-order valence-electron chi connectivity index (χ1n) is 5.72. The van der Waals surface area contributed by atoms with Gasteiger partial charge in [-0.25, -0.2) is 4.79 Å². The van der Waals surface area contributed by atoms with Crippen molar-refractivity contribution in [2.45, 2.75) is 13.0 Å². The number of rotatable bonds is 4. The first-order chi connectivity index (χ1) is 8.66. The zero-order chi connectivity index (χ0) is 13.0. The topological polar surface area (TPSA) is 46.5 Å². The van der Waals surface area contributed by atoms with Crippen molar-refractivity contribution in [1.29, 1.82) is 0 Å². The SMILES string of the molecule is C[C@H](Oc1ccc(C(=O)O)cc1)c1ccccc1. The first kappa shape index (κ1) is 12.2. The van der Waals surface area contributed by atoms with Crippen molar-refractivity contribution in [3.63, 3.8) is 0 Å². The van der Waals surface area contributed by atoms with Gasteiger partial charge in [-0.15, -0.1) is 0 Å². The fraction of sp³-hybridized carbons (Fsp3) is 0.133. The molecule has 0 aliphatic rings. The quantitative estimate of drug-likeness (QED) is 0.892. The highest BCUT2D eigenvalue weighted by molar-refractivity contribution is 5.87. The highest BCUT2D eigenvalue weighted by atomic mass is 16.5. The minimum atomic E-state index is -0.933. The normalized spacial score (nSPS) is 11.8. The molecule has 0 bridgehead atoms. The Morgan fingerprint density at radius 2 is 1.67 bits per heavy atom. The molecule has 2 rings (SSSR count). The molecule has 0 saturated carbocycles. The van der Waals surface area contributed by atoms with Gasteiger partial charge in [0.2, 0.25) is 0 Å². The molecule has 0 aliphatic heterocycles. The Morgan fingerprint density at radius 3 is 2.22 bits per heavy atom. The van der Waals surface area contributed by atoms with E-state index in [1.807, 2.05) is 37.3 Å². The Hall–Kier alpha value is -2.29. The molecule has 0 amide bonds. The van der Waals surface area contributed by atoms with Crippen molar-refractivity contribution < 1.29 is 14.6 Å². The zero-order valence-corrected chi connectivity index (χ0v) is 10.0. The lowest BCUT2D eigenvalue weighted by atomic mass is 10.1. The van der Waals surface area contributed by atoms with E-state index in [-0.39, 0.29) is 11.7 Å². The number of aromatic carboxylic acids is 1. The lowest BCUT2D eigenvalue weighted by molar-refractivity contribution is 0.0697. The predicted molar refractivity (Wildman–Crippen MR) is 68.9 cm³/mol. The predicted octanol–water partition coefficient (Wildman–Crippen LogP) is 3.52. The van der Waals surface area contributed by atoms with E-state index in [0.717, 1.165) is 5.56 Å². The number of carboxylic acids is 1. The van der Waals surface area contributed by atoms with Crippen LogP contribution >= 0.6 is 0 Å². The largest absolute Gasteiger partial charge is 0.486 e. The van der Waals surface area contributed by atoms with Gasteiger partial charge in [-0.3, -0.25) is 0 Å². The van der Waals surface area contributed by atoms with Crippen LogP contribution in [0.4, 0.5) is 0 Å². The minimum Gasteiger partial charge on any atom is -0.486 e. The van der Waals surface area contributed by atoms with E-state index in [9.17, 15) is 4.79 Å². The second-order valence-electron chi connectivity index (χ2n) is 4.00. The third kappa shape index (κ3) is 2.88. The highest BCUT2D eigenvalue weighted by Crippen LogP contribution is 2.21. The van der Waals surface area contributed by atoms with Crippen molar-refractivity contribution in [3.05, 3.63) is 65.7 Å². The lowest BCUT2D eigenvalue weighted by Gasteiger charge is -2.15. The van der Waals surface area contributed by atoms with Gasteiger partial charge >= 0.3 is 5.97 Å². The number of hydrogen-bond donors (Lipinski definition) is 1. The number of ether oxygens (including phenoxy) is 1. The van der Waals surface area contributed by atoms with E-state index < -0.39 is 5.97 Å². The summed E-state index contributed by atoms with van der Waals surface area (Å²) >= 11 is 0. The molecule has 0 heterocycles. The molecular weight excluding hydrogens is 228 g/mol. The smallest absolute Gasteiger partial charge is 0.335 e. The van der Waals surface area contributed by atoms with Crippen molar-refractivity contribution in [1.82, 2.24) is 0 Å². The van der Waals surface area contributed by atoms with Gasteiger partial charge in [0.1, 0.15) is 11.9 Å². The molecule has 0 radical (unpaired) electrons. The van der Waals surface area contributed by atoms with E-state index in [0.29, 0.717) is 5.75 Å².